The zero-order chi connectivity index (χ0) is 107. The van der Waals surface area contributed by atoms with E-state index in [-0.39, 0.29) is 225 Å². The number of halogens is 1. The number of carbonyl (C=O) groups excluding carboxylic acids is 1. The summed E-state index contributed by atoms with van der Waals surface area (Å²) in [5, 5.41) is 64.1. The van der Waals surface area contributed by atoms with Gasteiger partial charge in [0.1, 0.15) is 28.7 Å². The number of aromatic hydroxyl groups is 5. The van der Waals surface area contributed by atoms with Crippen molar-refractivity contribution in [1.82, 2.24) is 9.80 Å². The van der Waals surface area contributed by atoms with Gasteiger partial charge in [-0.25, -0.2) is 0 Å². The molecule has 771 valence electrons. The van der Waals surface area contributed by atoms with Gasteiger partial charge in [-0.15, -0.1) is 104 Å². The summed E-state index contributed by atoms with van der Waals surface area (Å²) in [5.74, 6) is 2.17. The summed E-state index contributed by atoms with van der Waals surface area (Å²) in [5.41, 5.74) is 25.9. The fourth-order valence-corrected chi connectivity index (χ4v) is 13.9. The van der Waals surface area contributed by atoms with Crippen LogP contribution >= 0.6 is 11.6 Å². The van der Waals surface area contributed by atoms with Gasteiger partial charge in [-0.05, 0) is 110 Å². The Morgan fingerprint density at radius 2 is 0.451 bits per heavy atom. The van der Waals surface area contributed by atoms with E-state index in [9.17, 15) is 25.5 Å². The Kier molecular flexibility index (Phi) is 70.0. The molecule has 144 heavy (non-hydrogen) atoms. The van der Waals surface area contributed by atoms with E-state index in [4.69, 9.17) is 27.4 Å². The minimum atomic E-state index is -0.181. The molecule has 0 aliphatic heterocycles. The van der Waals surface area contributed by atoms with Gasteiger partial charge in [0.25, 0.3) is 6.47 Å². The molecule has 0 saturated carbocycles. The summed E-state index contributed by atoms with van der Waals surface area (Å²) in [7, 11) is 0. The zero-order valence-electron chi connectivity index (χ0n) is 94.7. The molecule has 11 aromatic carbocycles. The Bertz CT molecular complexity index is 4780. The predicted octanol–water partition coefficient (Wildman–Crippen LogP) is 26.2. The Hall–Kier alpha value is -6.50. The number of benzene rings is 11. The minimum absolute atomic E-state index is 0. The van der Waals surface area contributed by atoms with Gasteiger partial charge in [0.2, 0.25) is 0 Å². The third-order valence-electron chi connectivity index (χ3n) is 22.1. The normalized spacial score (nSPS) is 11.0. The predicted molar refractivity (Wildman–Crippen MR) is 605 cm³/mol. The molecule has 1 radical (unpaired) electrons. The number of hydrogen-bond donors (Lipinski definition) is 6. The van der Waals surface area contributed by atoms with Crippen LogP contribution < -0.4 is 114 Å². The number of carbonyl (C=O) groups is 1. The van der Waals surface area contributed by atoms with E-state index in [1.54, 1.807) is 6.08 Å². The van der Waals surface area contributed by atoms with Crippen LogP contribution in [-0.4, -0.2) is 61.4 Å². The van der Waals surface area contributed by atoms with Crippen molar-refractivity contribution in [3.05, 3.63) is 439 Å². The molecule has 7 N–H and O–H groups in total. The van der Waals surface area contributed by atoms with Gasteiger partial charge in [0, 0.05) is 73.6 Å². The fraction of sp³-hybridized carbons (Fsp3) is 0.383. The van der Waals surface area contributed by atoms with Crippen LogP contribution in [0.1, 0.15) is 333 Å². The number of hydrogen-bond acceptors (Lipinski definition) is 11. The molecule has 0 saturated heterocycles. The molecule has 0 aliphatic carbocycles. The zero-order valence-corrected chi connectivity index (χ0v) is 106. The summed E-state index contributed by atoms with van der Waals surface area (Å²) >= 11 is 5.92. The second kappa shape index (κ2) is 69.1. The van der Waals surface area contributed by atoms with E-state index in [1.165, 1.54) is 27.8 Å². The number of rotatable bonds is 15. The van der Waals surface area contributed by atoms with Gasteiger partial charge in [0.15, 0.2) is 0 Å². The first-order chi connectivity index (χ1) is 64.1. The standard InChI is InChI=1S/2C33H51NO2.C15H23ClO.6C7H7.C3H7N.CH2O3.CH4.2K.2Zr.H/c2*1-14-15-34(20-22-16-24(30(2,3)4)18-26(28(22)35)32(8,9)10)21-23-17-25(31(5,6)7)19-27(29(23)36)33(11,12)13;1-14(2,3)11-7-10(9-16)13(17)12(8-11)15(4,5)6;6*1-7-5-3-2-4-6-7;1-2-3-4;2-1-4-3;;;;;;/h2*14,16-19,35-36H,1,15,20-21H2,2-13H3;7-8,17H,9H2,1-6H3;6*2-6H,1H2;2H,1,3-4H2;1,3H;1H4;;;;;/q;;;6*-1;;;;2*+1;+3;+4;-1/p-1. The second-order valence-corrected chi connectivity index (χ2v) is 45.6. The molecule has 0 fully saturated rings. The van der Waals surface area contributed by atoms with Crippen molar-refractivity contribution in [1.29, 1.82) is 0 Å². The van der Waals surface area contributed by atoms with E-state index < -0.39 is 0 Å². The number of nitrogens with two attached hydrogens (primary N) is 1. The largest absolute Gasteiger partial charge is 4.00 e. The number of phenols is 5. The van der Waals surface area contributed by atoms with Crippen molar-refractivity contribution in [2.75, 3.05) is 19.6 Å². The van der Waals surface area contributed by atoms with Crippen molar-refractivity contribution in [2.45, 2.75) is 301 Å². The SMILES string of the molecule is C.C=CCN.C=CCN(Cc1cc(C(C)(C)C)cc(C(C)(C)C)c1O)Cc1cc(C(C)(C)C)cc(C(C)(C)C)c1O.C=CCN(Cc1cc(C(C)(C)C)cc(C(C)(C)C)c1O)Cc1cc(C(C)(C)C)cc(C(C)(C)C)c1O.CC(C)(C)c1cc(CCl)c(O)c(C(C)(C)C)c1.O=CO[O-].[CH2-]c1ccccc1.[CH2-]c1ccccc1.[CH2-]c1ccccc1.[CH2-]c1ccccc1.[CH2-]c1ccccc1.[CH2-]c1ccccc1.[H-].[K+].[K+].[Zr+3].[Zr+4]. The summed E-state index contributed by atoms with van der Waals surface area (Å²) in [6, 6.07) is 80.6. The number of nitrogens with zero attached hydrogens (tertiary/aromatic N) is 2. The van der Waals surface area contributed by atoms with Crippen LogP contribution in [-0.2, 0) is 148 Å². The molecule has 0 aromatic heterocycles. The average molecular weight is 2180 g/mol. The first-order valence-electron chi connectivity index (χ1n) is 47.9. The second-order valence-electron chi connectivity index (χ2n) is 45.3. The smallest absolute Gasteiger partial charge is 1.00 e. The monoisotopic (exact) mass is 2180 g/mol. The third kappa shape index (κ3) is 56.9. The maximum atomic E-state index is 11.4. The molecule has 11 rings (SSSR count). The van der Waals surface area contributed by atoms with Crippen LogP contribution in [0, 0.1) is 41.5 Å². The van der Waals surface area contributed by atoms with Crippen molar-refractivity contribution < 1.29 is 197 Å². The summed E-state index contributed by atoms with van der Waals surface area (Å²) in [6.07, 6.45) is 5.44. The van der Waals surface area contributed by atoms with Crippen LogP contribution in [0.4, 0.5) is 0 Å². The Labute approximate surface area is 1010 Å². The van der Waals surface area contributed by atoms with Gasteiger partial charge in [-0.1, -0.05) is 330 Å². The van der Waals surface area contributed by atoms with Crippen LogP contribution in [0.15, 0.2) is 281 Å². The van der Waals surface area contributed by atoms with Crippen LogP contribution in [0.2, 0.25) is 0 Å². The van der Waals surface area contributed by atoms with Gasteiger partial charge < -0.3 is 42.8 Å². The Balaban J connectivity index is -0.000000403. The molecular formula is C128H180ClK2N3O8Zr2+. The van der Waals surface area contributed by atoms with Crippen molar-refractivity contribution in [3.8, 4) is 28.7 Å². The molecule has 11 nitrogen and oxygen atoms in total. The molecule has 0 amide bonds. The Morgan fingerprint density at radius 1 is 0.312 bits per heavy atom. The van der Waals surface area contributed by atoms with Gasteiger partial charge in [0.05, 0.1) is 5.88 Å². The molecule has 0 unspecified atom stereocenters. The molecule has 0 aliphatic rings. The first-order valence-corrected chi connectivity index (χ1v) is 48.4. The van der Waals surface area contributed by atoms with E-state index in [1.807, 2.05) is 200 Å². The van der Waals surface area contributed by atoms with Gasteiger partial charge in [-0.2, -0.15) is 148 Å². The topological polar surface area (TPSA) is 183 Å². The van der Waals surface area contributed by atoms with Gasteiger partial charge in [-0.3, -0.25) is 14.6 Å². The molecule has 0 heterocycles. The number of phenolic OH excluding ortho intramolecular Hbond substituents is 5. The van der Waals surface area contributed by atoms with Gasteiger partial charge >= 0.3 is 155 Å². The van der Waals surface area contributed by atoms with E-state index >= 15 is 0 Å². The molecular weight excluding hydrogens is 2000 g/mol. The molecule has 0 spiro atoms. The summed E-state index contributed by atoms with van der Waals surface area (Å²) < 4.78 is 0. The molecule has 16 heteroatoms. The van der Waals surface area contributed by atoms with Crippen LogP contribution in [0.3, 0.4) is 0 Å². The minimum Gasteiger partial charge on any atom is -1.00 e. The maximum Gasteiger partial charge on any atom is 4.00 e. The van der Waals surface area contributed by atoms with Crippen LogP contribution in [0.25, 0.3) is 0 Å². The molecule has 0 atom stereocenters. The maximum absolute atomic E-state index is 11.4. The number of alkyl halides is 1. The summed E-state index contributed by atoms with van der Waals surface area (Å²) in [4.78, 5) is 15.7. The fourth-order valence-electron chi connectivity index (χ4n) is 13.6. The average Bonchev–Trinajstić information content (AvgIpc) is 0.770. The first kappa shape index (κ1) is 146. The van der Waals surface area contributed by atoms with Crippen LogP contribution in [0.5, 0.6) is 28.7 Å². The summed E-state index contributed by atoms with van der Waals surface area (Å²) in [6.45, 7) is 103. The van der Waals surface area contributed by atoms with E-state index in [0.717, 1.165) is 89.0 Å². The van der Waals surface area contributed by atoms with E-state index in [0.29, 0.717) is 80.4 Å². The Morgan fingerprint density at radius 3 is 0.549 bits per heavy atom. The van der Waals surface area contributed by atoms with Crippen molar-refractivity contribution in [2.24, 2.45) is 5.73 Å². The molecule has 0 bridgehead atoms. The van der Waals surface area contributed by atoms with Crippen molar-refractivity contribution in [3.63, 3.8) is 0 Å². The third-order valence-corrected chi connectivity index (χ3v) is 22.4. The van der Waals surface area contributed by atoms with Crippen molar-refractivity contribution >= 4 is 18.1 Å². The molecule has 11 aromatic rings. The van der Waals surface area contributed by atoms with E-state index in [2.05, 4.69) is 338 Å². The quantitative estimate of drug-likeness (QED) is 0.0109.